The van der Waals surface area contributed by atoms with Crippen molar-refractivity contribution in [1.29, 1.82) is 0 Å². The van der Waals surface area contributed by atoms with Crippen LogP contribution in [0.25, 0.3) is 11.2 Å². The van der Waals surface area contributed by atoms with Crippen molar-refractivity contribution in [2.45, 2.75) is 12.5 Å². The van der Waals surface area contributed by atoms with Gasteiger partial charge in [0, 0.05) is 12.5 Å². The van der Waals surface area contributed by atoms with E-state index in [-0.39, 0.29) is 25.2 Å². The van der Waals surface area contributed by atoms with Crippen LogP contribution in [0.15, 0.2) is 24.3 Å². The van der Waals surface area contributed by atoms with Gasteiger partial charge in [-0.3, -0.25) is 0 Å². The van der Waals surface area contributed by atoms with E-state index in [9.17, 15) is 10.2 Å². The van der Waals surface area contributed by atoms with E-state index in [1.165, 1.54) is 6.33 Å². The molecule has 0 spiro atoms. The van der Waals surface area contributed by atoms with Crippen molar-refractivity contribution in [3.63, 3.8) is 0 Å². The summed E-state index contributed by atoms with van der Waals surface area (Å²) in [4.78, 5) is 12.3. The van der Waals surface area contributed by atoms with Crippen LogP contribution in [0.4, 0.5) is 5.82 Å². The number of imidazole rings is 1. The number of rotatable bonds is 3. The van der Waals surface area contributed by atoms with Gasteiger partial charge in [-0.2, -0.15) is 0 Å². The number of aliphatic hydroxyl groups is 2. The molecule has 1 aliphatic rings. The fourth-order valence-corrected chi connectivity index (χ4v) is 2.57. The fourth-order valence-electron chi connectivity index (χ4n) is 2.57. The van der Waals surface area contributed by atoms with Gasteiger partial charge in [0.15, 0.2) is 11.5 Å². The summed E-state index contributed by atoms with van der Waals surface area (Å²) in [6.45, 7) is -0.00186. The lowest BCUT2D eigenvalue weighted by Gasteiger charge is -2.13. The number of anilines is 1. The molecule has 7 heteroatoms. The van der Waals surface area contributed by atoms with Gasteiger partial charge in [0.2, 0.25) is 0 Å². The topological polar surface area (TPSA) is 110 Å². The predicted molar refractivity (Wildman–Crippen MR) is 69.1 cm³/mol. The zero-order valence-corrected chi connectivity index (χ0v) is 10.3. The lowest BCUT2D eigenvalue weighted by Crippen LogP contribution is -2.10. The molecule has 3 rings (SSSR count). The zero-order valence-electron chi connectivity index (χ0n) is 10.3. The van der Waals surface area contributed by atoms with Gasteiger partial charge < -0.3 is 20.5 Å². The van der Waals surface area contributed by atoms with Crippen LogP contribution >= 0.6 is 0 Å². The zero-order chi connectivity index (χ0) is 13.4. The summed E-state index contributed by atoms with van der Waals surface area (Å²) in [5.41, 5.74) is 7.86. The highest BCUT2D eigenvalue weighted by Gasteiger charge is 2.27. The second-order valence-electron chi connectivity index (χ2n) is 4.67. The monoisotopic (exact) mass is 261 g/mol. The molecule has 0 aliphatic heterocycles. The highest BCUT2D eigenvalue weighted by atomic mass is 16.3. The number of nitrogens with two attached hydrogens (primary N) is 1. The molecule has 0 bridgehead atoms. The summed E-state index contributed by atoms with van der Waals surface area (Å²) < 4.78 is 1.90. The minimum absolute atomic E-state index is 0.00775. The summed E-state index contributed by atoms with van der Waals surface area (Å²) >= 11 is 0. The van der Waals surface area contributed by atoms with Gasteiger partial charge in [-0.05, 0) is 12.0 Å². The Hall–Kier alpha value is -1.99. The maximum atomic E-state index is 9.32. The van der Waals surface area contributed by atoms with Crippen LogP contribution in [-0.4, -0.2) is 42.9 Å². The number of aromatic nitrogens is 4. The van der Waals surface area contributed by atoms with Crippen LogP contribution in [0.1, 0.15) is 12.5 Å². The van der Waals surface area contributed by atoms with E-state index in [0.717, 1.165) is 12.0 Å². The third-order valence-electron chi connectivity index (χ3n) is 3.60. The molecular formula is C12H15N5O2. The summed E-state index contributed by atoms with van der Waals surface area (Å²) in [7, 11) is 0. The summed E-state index contributed by atoms with van der Waals surface area (Å²) in [6, 6.07) is 0.0265. The van der Waals surface area contributed by atoms with Crippen molar-refractivity contribution < 1.29 is 10.2 Å². The maximum Gasteiger partial charge on any atom is 0.165 e. The summed E-state index contributed by atoms with van der Waals surface area (Å²) in [5, 5.41) is 18.6. The molecular weight excluding hydrogens is 246 g/mol. The van der Waals surface area contributed by atoms with Crippen LogP contribution < -0.4 is 5.73 Å². The number of hydrogen-bond donors (Lipinski definition) is 3. The first-order valence-electron chi connectivity index (χ1n) is 6.10. The lowest BCUT2D eigenvalue weighted by atomic mass is 10.0. The van der Waals surface area contributed by atoms with Crippen LogP contribution in [-0.2, 0) is 0 Å². The third-order valence-corrected chi connectivity index (χ3v) is 3.60. The molecule has 0 amide bonds. The van der Waals surface area contributed by atoms with Gasteiger partial charge in [0.25, 0.3) is 0 Å². The van der Waals surface area contributed by atoms with Crippen molar-refractivity contribution in [3.05, 3.63) is 24.3 Å². The van der Waals surface area contributed by atoms with Crippen LogP contribution in [0, 0.1) is 5.92 Å². The second-order valence-corrected chi connectivity index (χ2v) is 4.67. The van der Waals surface area contributed by atoms with E-state index >= 15 is 0 Å². The van der Waals surface area contributed by atoms with Gasteiger partial charge in [0.05, 0.1) is 19.0 Å². The first kappa shape index (κ1) is 12.1. The molecule has 0 saturated carbocycles. The Morgan fingerprint density at radius 3 is 2.84 bits per heavy atom. The van der Waals surface area contributed by atoms with E-state index in [0.29, 0.717) is 17.0 Å². The Morgan fingerprint density at radius 1 is 1.32 bits per heavy atom. The number of hydrogen-bond acceptors (Lipinski definition) is 6. The molecule has 2 aromatic heterocycles. The Labute approximate surface area is 109 Å². The number of aliphatic hydroxyl groups excluding tert-OH is 2. The smallest absolute Gasteiger partial charge is 0.165 e. The van der Waals surface area contributed by atoms with Crippen molar-refractivity contribution >= 4 is 17.0 Å². The summed E-state index contributed by atoms with van der Waals surface area (Å²) in [6.07, 6.45) is 5.76. The first-order chi connectivity index (χ1) is 9.24. The lowest BCUT2D eigenvalue weighted by molar-refractivity contribution is 0.223. The third kappa shape index (κ3) is 1.87. The number of fused-ring (bicyclic) bond motifs is 1. The normalized spacial score (nSPS) is 22.9. The number of nitrogens with zero attached hydrogens (tertiary/aromatic N) is 4. The van der Waals surface area contributed by atoms with E-state index < -0.39 is 0 Å². The Morgan fingerprint density at radius 2 is 2.16 bits per heavy atom. The quantitative estimate of drug-likeness (QED) is 0.664. The molecule has 7 nitrogen and oxygen atoms in total. The van der Waals surface area contributed by atoms with Crippen LogP contribution in [0.2, 0.25) is 0 Å². The molecule has 0 aromatic carbocycles. The van der Waals surface area contributed by atoms with Gasteiger partial charge in [0.1, 0.15) is 11.8 Å². The van der Waals surface area contributed by atoms with E-state index in [2.05, 4.69) is 15.0 Å². The number of allylic oxidation sites excluding steroid dienone is 1. The molecule has 2 atom stereocenters. The molecule has 0 fully saturated rings. The molecule has 19 heavy (non-hydrogen) atoms. The minimum atomic E-state index is -0.0362. The summed E-state index contributed by atoms with van der Waals surface area (Å²) in [5.74, 6) is 0.346. The van der Waals surface area contributed by atoms with E-state index in [1.807, 2.05) is 10.6 Å². The van der Waals surface area contributed by atoms with Crippen molar-refractivity contribution in [3.8, 4) is 0 Å². The molecule has 100 valence electrons. The Kier molecular flexibility index (Phi) is 2.92. The molecule has 0 unspecified atom stereocenters. The van der Waals surface area contributed by atoms with Crippen molar-refractivity contribution in [1.82, 2.24) is 19.5 Å². The van der Waals surface area contributed by atoms with Gasteiger partial charge in [-0.1, -0.05) is 6.08 Å². The molecule has 0 saturated heterocycles. The molecule has 2 heterocycles. The second kappa shape index (κ2) is 4.60. The van der Waals surface area contributed by atoms with Gasteiger partial charge in [-0.25, -0.2) is 15.0 Å². The Balaban J connectivity index is 2.02. The highest BCUT2D eigenvalue weighted by molar-refractivity contribution is 5.81. The standard InChI is InChI=1S/C12H15N5O2/c13-11-10-12(15-5-14-11)17(6-16-10)9-1-7(3-18)8(2-9)4-19/h1,5-6,8-9,18-19H,2-4H2,(H2,13,14,15)/t8-,9-/m1/s1. The van der Waals surface area contributed by atoms with Crippen molar-refractivity contribution in [2.75, 3.05) is 18.9 Å². The SMILES string of the molecule is Nc1ncnc2c1ncn2[C@@H]1C=C(CO)[C@@H](CO)C1. The van der Waals surface area contributed by atoms with E-state index in [1.54, 1.807) is 6.33 Å². The van der Waals surface area contributed by atoms with Gasteiger partial charge in [-0.15, -0.1) is 0 Å². The highest BCUT2D eigenvalue weighted by Crippen LogP contribution is 2.34. The van der Waals surface area contributed by atoms with E-state index in [4.69, 9.17) is 5.73 Å². The molecule has 4 N–H and O–H groups in total. The maximum absolute atomic E-state index is 9.32. The van der Waals surface area contributed by atoms with Crippen LogP contribution in [0.3, 0.4) is 0 Å². The Bertz CT molecular complexity index is 636. The minimum Gasteiger partial charge on any atom is -0.396 e. The van der Waals surface area contributed by atoms with Gasteiger partial charge >= 0.3 is 0 Å². The largest absolute Gasteiger partial charge is 0.396 e. The average molecular weight is 261 g/mol. The molecule has 1 aliphatic carbocycles. The average Bonchev–Trinajstić information content (AvgIpc) is 3.02. The molecule has 0 radical (unpaired) electrons. The first-order valence-corrected chi connectivity index (χ1v) is 6.10. The predicted octanol–water partition coefficient (Wildman–Crippen LogP) is -0.120. The van der Waals surface area contributed by atoms with Crippen LogP contribution in [0.5, 0.6) is 0 Å². The number of nitrogen functional groups attached to an aromatic ring is 1. The fraction of sp³-hybridized carbons (Fsp3) is 0.417. The van der Waals surface area contributed by atoms with Crippen molar-refractivity contribution in [2.24, 2.45) is 5.92 Å². The molecule has 2 aromatic rings.